The Bertz CT molecular complexity index is 945. The number of hydrogen-bond donors (Lipinski definition) is 1. The number of oxazole rings is 1. The van der Waals surface area contributed by atoms with Gasteiger partial charge in [0.1, 0.15) is 0 Å². The van der Waals surface area contributed by atoms with E-state index in [1.165, 1.54) is 13.3 Å². The Morgan fingerprint density at radius 1 is 1.18 bits per heavy atom. The normalized spacial score (nSPS) is 19.2. The molecule has 2 atom stereocenters. The van der Waals surface area contributed by atoms with Crippen LogP contribution in [0, 0.1) is 11.8 Å². The number of carbonyl (C=O) groups excluding carboxylic acids is 3. The Morgan fingerprint density at radius 2 is 1.94 bits per heavy atom. The molecule has 2 aromatic heterocycles. The van der Waals surface area contributed by atoms with E-state index in [-0.39, 0.29) is 29.9 Å². The number of nitrogens with zero attached hydrogens (tertiary/aromatic N) is 3. The van der Waals surface area contributed by atoms with E-state index >= 15 is 0 Å². The highest BCUT2D eigenvalue weighted by Gasteiger charge is 2.33. The summed E-state index contributed by atoms with van der Waals surface area (Å²) in [4.78, 5) is 49.0. The average Bonchev–Trinajstić information content (AvgIpc) is 3.26. The Balaban J connectivity index is 1.50. The second-order valence-electron chi connectivity index (χ2n) is 9.06. The van der Waals surface area contributed by atoms with Gasteiger partial charge in [-0.3, -0.25) is 14.4 Å². The fourth-order valence-corrected chi connectivity index (χ4v) is 4.77. The fourth-order valence-electron chi connectivity index (χ4n) is 4.77. The van der Waals surface area contributed by atoms with Gasteiger partial charge >= 0.3 is 0 Å². The number of ketones is 1. The maximum atomic E-state index is 13.4. The summed E-state index contributed by atoms with van der Waals surface area (Å²) in [6, 6.07) is 2.42. The van der Waals surface area contributed by atoms with Crippen molar-refractivity contribution in [3.8, 4) is 0 Å². The number of rotatable bonds is 8. The lowest BCUT2D eigenvalue weighted by atomic mass is 9.81. The predicted molar refractivity (Wildman–Crippen MR) is 120 cm³/mol. The quantitative estimate of drug-likeness (QED) is 0.649. The summed E-state index contributed by atoms with van der Waals surface area (Å²) in [5.41, 5.74) is 0.837. The van der Waals surface area contributed by atoms with Crippen LogP contribution in [0.25, 0.3) is 11.2 Å². The molecule has 4 rings (SSSR count). The predicted octanol–water partition coefficient (Wildman–Crippen LogP) is 2.80. The molecule has 2 aliphatic rings. The lowest BCUT2D eigenvalue weighted by Crippen LogP contribution is -2.44. The maximum absolute atomic E-state index is 13.4. The van der Waals surface area contributed by atoms with Gasteiger partial charge in [0.25, 0.3) is 0 Å². The van der Waals surface area contributed by atoms with E-state index < -0.39 is 12.0 Å². The molecule has 0 bridgehead atoms. The van der Waals surface area contributed by atoms with E-state index in [4.69, 9.17) is 9.15 Å². The molecule has 1 aliphatic heterocycles. The highest BCUT2D eigenvalue weighted by Crippen LogP contribution is 2.31. The van der Waals surface area contributed by atoms with Crippen molar-refractivity contribution in [3.63, 3.8) is 0 Å². The lowest BCUT2D eigenvalue weighted by molar-refractivity contribution is -0.140. The molecular weight excluding hydrogens is 424 g/mol. The first-order valence-electron chi connectivity index (χ1n) is 11.9. The topological polar surface area (TPSA) is 115 Å². The zero-order valence-corrected chi connectivity index (χ0v) is 19.1. The van der Waals surface area contributed by atoms with Crippen LogP contribution in [-0.4, -0.2) is 58.8 Å². The van der Waals surface area contributed by atoms with Gasteiger partial charge < -0.3 is 19.4 Å². The third-order valence-corrected chi connectivity index (χ3v) is 6.62. The molecule has 2 amide bonds. The molecule has 3 heterocycles. The minimum absolute atomic E-state index is 0.0419. The van der Waals surface area contributed by atoms with E-state index in [1.54, 1.807) is 23.2 Å². The molecule has 178 valence electrons. The van der Waals surface area contributed by atoms with Gasteiger partial charge in [0, 0.05) is 31.6 Å². The second kappa shape index (κ2) is 10.9. The molecule has 9 heteroatoms. The van der Waals surface area contributed by atoms with Crippen LogP contribution in [0.3, 0.4) is 0 Å². The number of aromatic nitrogens is 2. The van der Waals surface area contributed by atoms with Gasteiger partial charge in [0.2, 0.25) is 17.7 Å². The largest absolute Gasteiger partial charge is 0.436 e. The van der Waals surface area contributed by atoms with Crippen molar-refractivity contribution in [2.75, 3.05) is 26.3 Å². The van der Waals surface area contributed by atoms with Crippen molar-refractivity contribution in [2.45, 2.75) is 57.9 Å². The van der Waals surface area contributed by atoms with Crippen LogP contribution in [0.4, 0.5) is 0 Å². The summed E-state index contributed by atoms with van der Waals surface area (Å²) in [5.74, 6) is -0.618. The van der Waals surface area contributed by atoms with Crippen LogP contribution in [0.1, 0.15) is 63.8 Å². The standard InChI is InChI=1S/C24H32N4O5/c1-16(29)21(24-27-22-19(33-24)8-5-9-25-22)26-23(31)18(14-17-6-3-2-4-7-17)15-20(30)28-10-12-32-13-11-28/h5,8-9,17-18,21H,2-4,6-7,10-15H2,1H3,(H,26,31). The van der Waals surface area contributed by atoms with Crippen molar-refractivity contribution in [3.05, 3.63) is 24.2 Å². The molecule has 2 fully saturated rings. The summed E-state index contributed by atoms with van der Waals surface area (Å²) in [6.07, 6.45) is 8.03. The fraction of sp³-hybridized carbons (Fsp3) is 0.625. The van der Waals surface area contributed by atoms with Gasteiger partial charge in [0.05, 0.1) is 13.2 Å². The first-order valence-corrected chi connectivity index (χ1v) is 11.9. The molecule has 0 spiro atoms. The Hall–Kier alpha value is -2.81. The monoisotopic (exact) mass is 456 g/mol. The molecular formula is C24H32N4O5. The van der Waals surface area contributed by atoms with Crippen molar-refractivity contribution < 1.29 is 23.5 Å². The van der Waals surface area contributed by atoms with Crippen LogP contribution in [-0.2, 0) is 19.1 Å². The number of Topliss-reactive ketones (excluding diaryl/α,β-unsaturated/α-hetero) is 1. The highest BCUT2D eigenvalue weighted by atomic mass is 16.5. The molecule has 1 saturated carbocycles. The molecule has 9 nitrogen and oxygen atoms in total. The van der Waals surface area contributed by atoms with Gasteiger partial charge in [-0.15, -0.1) is 0 Å². The molecule has 1 saturated heterocycles. The van der Waals surface area contributed by atoms with E-state index in [9.17, 15) is 14.4 Å². The third kappa shape index (κ3) is 5.96. The SMILES string of the molecule is CC(=O)C(NC(=O)C(CC(=O)N1CCOCC1)CC1CCCCC1)c1nc2ncccc2o1. The number of amides is 2. The van der Waals surface area contributed by atoms with Gasteiger partial charge in [-0.25, -0.2) is 4.98 Å². The van der Waals surface area contributed by atoms with E-state index in [1.807, 2.05) is 0 Å². The molecule has 0 aromatic carbocycles. The smallest absolute Gasteiger partial charge is 0.227 e. The van der Waals surface area contributed by atoms with Gasteiger partial charge in [-0.1, -0.05) is 32.1 Å². The second-order valence-corrected chi connectivity index (χ2v) is 9.06. The molecule has 2 aromatic rings. The van der Waals surface area contributed by atoms with E-state index in [0.29, 0.717) is 49.9 Å². The number of morpholine rings is 1. The van der Waals surface area contributed by atoms with Crippen molar-refractivity contribution in [1.29, 1.82) is 0 Å². The molecule has 0 radical (unpaired) electrons. The molecule has 1 N–H and O–H groups in total. The van der Waals surface area contributed by atoms with Crippen molar-refractivity contribution in [1.82, 2.24) is 20.2 Å². The zero-order chi connectivity index (χ0) is 23.2. The van der Waals surface area contributed by atoms with Gasteiger partial charge in [0.15, 0.2) is 23.1 Å². The summed E-state index contributed by atoms with van der Waals surface area (Å²) in [5, 5.41) is 2.82. The minimum atomic E-state index is -1.01. The van der Waals surface area contributed by atoms with Crippen LogP contribution in [0.5, 0.6) is 0 Å². The van der Waals surface area contributed by atoms with Crippen LogP contribution >= 0.6 is 0 Å². The van der Waals surface area contributed by atoms with Crippen molar-refractivity contribution >= 4 is 28.8 Å². The Morgan fingerprint density at radius 3 is 2.64 bits per heavy atom. The third-order valence-electron chi connectivity index (χ3n) is 6.62. The van der Waals surface area contributed by atoms with Gasteiger partial charge in [-0.2, -0.15) is 4.98 Å². The number of nitrogens with one attached hydrogen (secondary N) is 1. The summed E-state index contributed by atoms with van der Waals surface area (Å²) in [6.45, 7) is 3.51. The van der Waals surface area contributed by atoms with Gasteiger partial charge in [-0.05, 0) is 31.4 Å². The first kappa shape index (κ1) is 23.4. The first-order chi connectivity index (χ1) is 16.0. The van der Waals surface area contributed by atoms with Crippen LogP contribution in [0.2, 0.25) is 0 Å². The van der Waals surface area contributed by atoms with Crippen molar-refractivity contribution in [2.24, 2.45) is 11.8 Å². The number of fused-ring (bicyclic) bond motifs is 1. The van der Waals surface area contributed by atoms with E-state index in [2.05, 4.69) is 15.3 Å². The van der Waals surface area contributed by atoms with E-state index in [0.717, 1.165) is 25.7 Å². The minimum Gasteiger partial charge on any atom is -0.436 e. The summed E-state index contributed by atoms with van der Waals surface area (Å²) < 4.78 is 11.0. The lowest BCUT2D eigenvalue weighted by Gasteiger charge is -2.30. The number of ether oxygens (including phenoxy) is 1. The van der Waals surface area contributed by atoms with Crippen LogP contribution in [0.15, 0.2) is 22.7 Å². The number of hydrogen-bond acceptors (Lipinski definition) is 7. The molecule has 33 heavy (non-hydrogen) atoms. The zero-order valence-electron chi connectivity index (χ0n) is 19.1. The Kier molecular flexibility index (Phi) is 7.69. The summed E-state index contributed by atoms with van der Waals surface area (Å²) >= 11 is 0. The average molecular weight is 457 g/mol. The van der Waals surface area contributed by atoms with Crippen LogP contribution < -0.4 is 5.32 Å². The molecule has 2 unspecified atom stereocenters. The maximum Gasteiger partial charge on any atom is 0.227 e. The molecule has 1 aliphatic carbocycles. The Labute approximate surface area is 193 Å². The number of pyridine rings is 1. The number of carbonyl (C=O) groups is 3. The highest BCUT2D eigenvalue weighted by molar-refractivity contribution is 5.91. The summed E-state index contributed by atoms with van der Waals surface area (Å²) in [7, 11) is 0.